The molecular formula is C21H21NO3. The maximum absolute atomic E-state index is 13.2. The summed E-state index contributed by atoms with van der Waals surface area (Å²) in [5.41, 5.74) is 2.95. The molecule has 2 fully saturated rings. The third-order valence-corrected chi connectivity index (χ3v) is 5.83. The summed E-state index contributed by atoms with van der Waals surface area (Å²) in [6.07, 6.45) is 2.78. The summed E-state index contributed by atoms with van der Waals surface area (Å²) in [4.78, 5) is 40.2. The second-order valence-electron chi connectivity index (χ2n) is 7.04. The van der Waals surface area contributed by atoms with Gasteiger partial charge in [0.25, 0.3) is 0 Å². The maximum atomic E-state index is 13.2. The smallest absolute Gasteiger partial charge is 0.242 e. The number of para-hydroxylation sites is 1. The summed E-state index contributed by atoms with van der Waals surface area (Å²) >= 11 is 0. The second kappa shape index (κ2) is 5.80. The van der Waals surface area contributed by atoms with Crippen LogP contribution in [0.15, 0.2) is 53.6 Å². The van der Waals surface area contributed by atoms with Gasteiger partial charge in [-0.15, -0.1) is 0 Å². The first kappa shape index (κ1) is 16.0. The average Bonchev–Trinajstić information content (AvgIpc) is 2.88. The number of rotatable bonds is 2. The summed E-state index contributed by atoms with van der Waals surface area (Å²) in [6, 6.07) is 9.04. The van der Waals surface area contributed by atoms with E-state index in [9.17, 15) is 14.4 Å². The predicted octanol–water partition coefficient (Wildman–Crippen LogP) is 3.44. The molecule has 1 heterocycles. The molecule has 0 radical (unpaired) electrons. The van der Waals surface area contributed by atoms with Gasteiger partial charge < -0.3 is 0 Å². The van der Waals surface area contributed by atoms with E-state index >= 15 is 0 Å². The van der Waals surface area contributed by atoms with Crippen LogP contribution < -0.4 is 4.90 Å². The van der Waals surface area contributed by atoms with Crippen molar-refractivity contribution in [2.45, 2.75) is 32.6 Å². The number of hydrogen-bond donors (Lipinski definition) is 0. The molecule has 3 aliphatic rings. The van der Waals surface area contributed by atoms with Gasteiger partial charge in [0.15, 0.2) is 5.78 Å². The third kappa shape index (κ3) is 2.16. The molecule has 3 atom stereocenters. The molecule has 4 heteroatoms. The van der Waals surface area contributed by atoms with Crippen LogP contribution in [-0.2, 0) is 14.4 Å². The van der Waals surface area contributed by atoms with E-state index in [1.165, 1.54) is 4.90 Å². The van der Waals surface area contributed by atoms with Gasteiger partial charge in [-0.3, -0.25) is 14.4 Å². The van der Waals surface area contributed by atoms with Gasteiger partial charge in [0.2, 0.25) is 11.8 Å². The molecule has 128 valence electrons. The fourth-order valence-electron chi connectivity index (χ4n) is 4.79. The minimum absolute atomic E-state index is 0.131. The lowest BCUT2D eigenvalue weighted by molar-refractivity contribution is -0.123. The van der Waals surface area contributed by atoms with Crippen LogP contribution in [0.25, 0.3) is 0 Å². The highest BCUT2D eigenvalue weighted by atomic mass is 16.2. The van der Waals surface area contributed by atoms with Gasteiger partial charge in [-0.1, -0.05) is 31.7 Å². The summed E-state index contributed by atoms with van der Waals surface area (Å²) < 4.78 is 0. The van der Waals surface area contributed by atoms with Crippen LogP contribution in [-0.4, -0.2) is 17.6 Å². The normalized spacial score (nSPS) is 29.2. The van der Waals surface area contributed by atoms with Crippen LogP contribution in [0.2, 0.25) is 0 Å². The van der Waals surface area contributed by atoms with E-state index in [2.05, 4.69) is 6.58 Å². The first-order chi connectivity index (χ1) is 12.1. The maximum Gasteiger partial charge on any atom is 0.242 e. The van der Waals surface area contributed by atoms with E-state index in [0.717, 1.165) is 24.0 Å². The molecule has 2 amide bonds. The van der Waals surface area contributed by atoms with E-state index < -0.39 is 11.8 Å². The number of Topliss-reactive ketones (excluding diaryl/α,β-unsaturated/α-hetero) is 1. The standard InChI is InChI=1S/C21H21NO3/c1-3-14-12(2)17-19(15-10-7-11-16(23)18(14)15)21(25)22(20(17)24)13-8-5-4-6-9-13/h4-6,8-9,15,17,19H,2-3,7,10-11H2,1H3. The van der Waals surface area contributed by atoms with Crippen LogP contribution in [0, 0.1) is 17.8 Å². The van der Waals surface area contributed by atoms with Crippen LogP contribution in [0.3, 0.4) is 0 Å². The Kier molecular flexibility index (Phi) is 3.71. The number of imide groups is 1. The van der Waals surface area contributed by atoms with Gasteiger partial charge in [-0.05, 0) is 42.5 Å². The number of nitrogens with zero attached hydrogens (tertiary/aromatic N) is 1. The summed E-state index contributed by atoms with van der Waals surface area (Å²) in [5, 5.41) is 0. The summed E-state index contributed by atoms with van der Waals surface area (Å²) in [6.45, 7) is 6.13. The van der Waals surface area contributed by atoms with E-state index in [-0.39, 0.29) is 23.5 Å². The Morgan fingerprint density at radius 2 is 1.84 bits per heavy atom. The van der Waals surface area contributed by atoms with Crippen LogP contribution >= 0.6 is 0 Å². The molecule has 0 aromatic heterocycles. The van der Waals surface area contributed by atoms with Crippen LogP contribution in [0.1, 0.15) is 32.6 Å². The lowest BCUT2D eigenvalue weighted by Gasteiger charge is -2.38. The van der Waals surface area contributed by atoms with Gasteiger partial charge >= 0.3 is 0 Å². The van der Waals surface area contributed by atoms with Crippen molar-refractivity contribution in [3.8, 4) is 0 Å². The number of carbonyl (C=O) groups excluding carboxylic acids is 3. The molecule has 25 heavy (non-hydrogen) atoms. The predicted molar refractivity (Wildman–Crippen MR) is 94.7 cm³/mol. The van der Waals surface area contributed by atoms with Crippen molar-refractivity contribution < 1.29 is 14.4 Å². The summed E-state index contributed by atoms with van der Waals surface area (Å²) in [7, 11) is 0. The second-order valence-corrected chi connectivity index (χ2v) is 7.04. The number of hydrogen-bond acceptors (Lipinski definition) is 3. The van der Waals surface area contributed by atoms with Crippen molar-refractivity contribution in [2.24, 2.45) is 17.8 Å². The third-order valence-electron chi connectivity index (χ3n) is 5.83. The Bertz CT molecular complexity index is 821. The van der Waals surface area contributed by atoms with Crippen molar-refractivity contribution in [1.82, 2.24) is 0 Å². The van der Waals surface area contributed by atoms with Crippen molar-refractivity contribution in [3.05, 3.63) is 53.6 Å². The minimum Gasteiger partial charge on any atom is -0.295 e. The SMILES string of the molecule is C=C1C(CC)=C2C(=O)CCCC2C2C(=O)N(c3ccccc3)C(=O)C12. The first-order valence-electron chi connectivity index (χ1n) is 8.94. The molecule has 1 aliphatic heterocycles. The highest BCUT2D eigenvalue weighted by Gasteiger charge is 2.57. The van der Waals surface area contributed by atoms with Crippen molar-refractivity contribution in [1.29, 1.82) is 0 Å². The number of amides is 2. The topological polar surface area (TPSA) is 54.5 Å². The van der Waals surface area contributed by atoms with Gasteiger partial charge in [0, 0.05) is 17.9 Å². The van der Waals surface area contributed by atoms with E-state index in [1.54, 1.807) is 12.1 Å². The zero-order valence-electron chi connectivity index (χ0n) is 14.3. The number of fused-ring (bicyclic) bond motifs is 3. The quantitative estimate of drug-likeness (QED) is 0.778. The Morgan fingerprint density at radius 3 is 2.52 bits per heavy atom. The zero-order valence-corrected chi connectivity index (χ0v) is 14.3. The van der Waals surface area contributed by atoms with Crippen LogP contribution in [0.4, 0.5) is 5.69 Å². The molecule has 4 rings (SSSR count). The van der Waals surface area contributed by atoms with Crippen LogP contribution in [0.5, 0.6) is 0 Å². The fourth-order valence-corrected chi connectivity index (χ4v) is 4.79. The number of carbonyl (C=O) groups is 3. The van der Waals surface area contributed by atoms with Gasteiger partial charge in [-0.25, -0.2) is 4.90 Å². The Balaban J connectivity index is 1.84. The number of benzene rings is 1. The average molecular weight is 335 g/mol. The molecule has 0 spiro atoms. The van der Waals surface area contributed by atoms with E-state index in [0.29, 0.717) is 24.1 Å². The van der Waals surface area contributed by atoms with Crippen molar-refractivity contribution >= 4 is 23.3 Å². The van der Waals surface area contributed by atoms with E-state index in [4.69, 9.17) is 0 Å². The molecule has 1 saturated heterocycles. The molecular weight excluding hydrogens is 314 g/mol. The molecule has 1 aromatic carbocycles. The highest BCUT2D eigenvalue weighted by molar-refractivity contribution is 6.24. The molecule has 0 bridgehead atoms. The van der Waals surface area contributed by atoms with E-state index in [1.807, 2.05) is 25.1 Å². The number of ketones is 1. The van der Waals surface area contributed by atoms with Gasteiger partial charge in [0.1, 0.15) is 0 Å². The molecule has 0 N–H and O–H groups in total. The Labute approximate surface area is 147 Å². The first-order valence-corrected chi connectivity index (χ1v) is 8.94. The largest absolute Gasteiger partial charge is 0.295 e. The molecule has 1 saturated carbocycles. The monoisotopic (exact) mass is 335 g/mol. The Hall–Kier alpha value is -2.49. The summed E-state index contributed by atoms with van der Waals surface area (Å²) in [5.74, 6) is -1.40. The zero-order chi connectivity index (χ0) is 17.7. The van der Waals surface area contributed by atoms with Crippen molar-refractivity contribution in [3.63, 3.8) is 0 Å². The highest BCUT2D eigenvalue weighted by Crippen LogP contribution is 2.52. The lowest BCUT2D eigenvalue weighted by atomic mass is 9.62. The number of allylic oxidation sites excluding steroid dienone is 2. The minimum atomic E-state index is -0.526. The van der Waals surface area contributed by atoms with Gasteiger partial charge in [-0.2, -0.15) is 0 Å². The lowest BCUT2D eigenvalue weighted by Crippen LogP contribution is -2.38. The van der Waals surface area contributed by atoms with Gasteiger partial charge in [0.05, 0.1) is 17.5 Å². The molecule has 1 aromatic rings. The Morgan fingerprint density at radius 1 is 1.12 bits per heavy atom. The number of anilines is 1. The molecule has 2 aliphatic carbocycles. The fraction of sp³-hybridized carbons (Fsp3) is 0.381. The molecule has 4 nitrogen and oxygen atoms in total. The van der Waals surface area contributed by atoms with Crippen molar-refractivity contribution in [2.75, 3.05) is 4.90 Å². The molecule has 3 unspecified atom stereocenters.